The number of hydrogen-bond acceptors (Lipinski definition) is 5. The summed E-state index contributed by atoms with van der Waals surface area (Å²) in [5.41, 5.74) is 2.45. The molecule has 3 aromatic heterocycles. The lowest BCUT2D eigenvalue weighted by molar-refractivity contribution is -0.132. The molecule has 1 atom stereocenters. The number of benzene rings is 1. The van der Waals surface area contributed by atoms with Crippen LogP contribution in [0.4, 0.5) is 0 Å². The van der Waals surface area contributed by atoms with Crippen molar-refractivity contribution in [2.75, 3.05) is 6.54 Å². The molecule has 1 aromatic carbocycles. The first-order chi connectivity index (χ1) is 15.1. The molecule has 158 valence electrons. The molecule has 31 heavy (non-hydrogen) atoms. The predicted octanol–water partition coefficient (Wildman–Crippen LogP) is 2.89. The molecular weight excluding hydrogens is 392 g/mol. The van der Waals surface area contributed by atoms with Gasteiger partial charge in [0.25, 0.3) is 5.56 Å². The number of aryl methyl sites for hydroxylation is 2. The molecule has 1 fully saturated rings. The first-order valence-electron chi connectivity index (χ1n) is 10.7. The average molecular weight is 416 g/mol. The Morgan fingerprint density at radius 3 is 2.97 bits per heavy atom. The number of fused-ring (bicyclic) bond motifs is 2. The van der Waals surface area contributed by atoms with Crippen LogP contribution in [-0.4, -0.2) is 41.5 Å². The number of carbonyl (C=O) groups excluding carboxylic acids is 1. The topological polar surface area (TPSA) is 85.4 Å². The van der Waals surface area contributed by atoms with Crippen LogP contribution in [-0.2, 0) is 11.3 Å². The predicted molar refractivity (Wildman–Crippen MR) is 117 cm³/mol. The average Bonchev–Trinajstić information content (AvgIpc) is 3.42. The van der Waals surface area contributed by atoms with Gasteiger partial charge < -0.3 is 4.90 Å². The fourth-order valence-electron chi connectivity index (χ4n) is 4.46. The van der Waals surface area contributed by atoms with Crippen LogP contribution in [0.25, 0.3) is 16.6 Å². The van der Waals surface area contributed by atoms with Gasteiger partial charge in [-0.2, -0.15) is 0 Å². The highest BCUT2D eigenvalue weighted by Gasteiger charge is 2.32. The van der Waals surface area contributed by atoms with E-state index in [0.717, 1.165) is 41.9 Å². The Labute approximate surface area is 179 Å². The third kappa shape index (κ3) is 3.48. The lowest BCUT2D eigenvalue weighted by Gasteiger charge is -2.23. The molecule has 8 nitrogen and oxygen atoms in total. The Kier molecular flexibility index (Phi) is 4.97. The van der Waals surface area contributed by atoms with Gasteiger partial charge in [0.05, 0.1) is 23.3 Å². The molecular formula is C23H24N6O2. The van der Waals surface area contributed by atoms with Gasteiger partial charge in [-0.3, -0.25) is 18.6 Å². The minimum atomic E-state index is -0.0601. The fourth-order valence-corrected chi connectivity index (χ4v) is 4.46. The van der Waals surface area contributed by atoms with Crippen molar-refractivity contribution in [2.45, 2.75) is 45.2 Å². The van der Waals surface area contributed by atoms with Crippen molar-refractivity contribution < 1.29 is 4.79 Å². The summed E-state index contributed by atoms with van der Waals surface area (Å²) in [6, 6.07) is 11.3. The number of aromatic nitrogens is 5. The van der Waals surface area contributed by atoms with Crippen LogP contribution < -0.4 is 5.56 Å². The van der Waals surface area contributed by atoms with Gasteiger partial charge in [0.15, 0.2) is 11.5 Å². The molecule has 1 aliphatic rings. The van der Waals surface area contributed by atoms with E-state index in [-0.39, 0.29) is 17.5 Å². The SMILES string of the molecule is Cc1cccc2c(=O)n(CCCC(=O)N3CCCC3c3nnc4ccccn34)cnc12. The van der Waals surface area contributed by atoms with E-state index in [9.17, 15) is 9.59 Å². The number of para-hydroxylation sites is 1. The van der Waals surface area contributed by atoms with E-state index in [2.05, 4.69) is 15.2 Å². The van der Waals surface area contributed by atoms with Crippen molar-refractivity contribution in [2.24, 2.45) is 0 Å². The number of carbonyl (C=O) groups is 1. The largest absolute Gasteiger partial charge is 0.332 e. The number of hydrogen-bond donors (Lipinski definition) is 0. The number of rotatable bonds is 5. The molecule has 0 aliphatic carbocycles. The van der Waals surface area contributed by atoms with Crippen LogP contribution in [0.2, 0.25) is 0 Å². The summed E-state index contributed by atoms with van der Waals surface area (Å²) in [5.74, 6) is 0.902. The van der Waals surface area contributed by atoms with E-state index in [1.54, 1.807) is 17.0 Å². The van der Waals surface area contributed by atoms with Gasteiger partial charge in [-0.05, 0) is 49.9 Å². The highest BCUT2D eigenvalue weighted by Crippen LogP contribution is 2.31. The molecule has 0 N–H and O–H groups in total. The van der Waals surface area contributed by atoms with Crippen molar-refractivity contribution in [3.05, 3.63) is 70.7 Å². The maximum absolute atomic E-state index is 13.0. The molecule has 4 heterocycles. The van der Waals surface area contributed by atoms with Crippen LogP contribution in [0.15, 0.2) is 53.7 Å². The summed E-state index contributed by atoms with van der Waals surface area (Å²) in [5, 5.41) is 9.20. The van der Waals surface area contributed by atoms with E-state index in [1.165, 1.54) is 0 Å². The van der Waals surface area contributed by atoms with Crippen molar-refractivity contribution in [1.29, 1.82) is 0 Å². The zero-order valence-electron chi connectivity index (χ0n) is 17.4. The van der Waals surface area contributed by atoms with Crippen molar-refractivity contribution in [3.63, 3.8) is 0 Å². The van der Waals surface area contributed by atoms with Crippen LogP contribution in [0.1, 0.15) is 43.1 Å². The second-order valence-corrected chi connectivity index (χ2v) is 8.05. The quantitative estimate of drug-likeness (QED) is 0.499. The zero-order valence-corrected chi connectivity index (χ0v) is 17.4. The molecule has 1 aliphatic heterocycles. The lowest BCUT2D eigenvalue weighted by atomic mass is 10.1. The normalized spacial score (nSPS) is 16.4. The Morgan fingerprint density at radius 1 is 1.16 bits per heavy atom. The summed E-state index contributed by atoms with van der Waals surface area (Å²) in [4.78, 5) is 32.1. The molecule has 0 bridgehead atoms. The molecule has 0 radical (unpaired) electrons. The minimum Gasteiger partial charge on any atom is -0.332 e. The van der Waals surface area contributed by atoms with Crippen LogP contribution in [0.5, 0.6) is 0 Å². The van der Waals surface area contributed by atoms with Crippen LogP contribution in [0.3, 0.4) is 0 Å². The number of pyridine rings is 1. The van der Waals surface area contributed by atoms with Gasteiger partial charge in [0.1, 0.15) is 0 Å². The molecule has 0 spiro atoms. The molecule has 1 unspecified atom stereocenters. The Balaban J connectivity index is 1.28. The Morgan fingerprint density at radius 2 is 2.06 bits per heavy atom. The molecule has 1 amide bonds. The molecule has 0 saturated carbocycles. The maximum Gasteiger partial charge on any atom is 0.261 e. The van der Waals surface area contributed by atoms with Crippen LogP contribution in [0, 0.1) is 6.92 Å². The standard InChI is InChI=1S/C23H24N6O2/c1-16-7-4-8-17-21(16)24-15-27(23(17)31)12-6-11-20(30)28-14-5-9-18(28)22-26-25-19-10-2-3-13-29(19)22/h2-4,7-8,10,13,15,18H,5-6,9,11-12,14H2,1H3. The van der Waals surface area contributed by atoms with E-state index >= 15 is 0 Å². The van der Waals surface area contributed by atoms with E-state index in [0.29, 0.717) is 24.8 Å². The van der Waals surface area contributed by atoms with Gasteiger partial charge in [-0.15, -0.1) is 10.2 Å². The van der Waals surface area contributed by atoms with Gasteiger partial charge in [-0.1, -0.05) is 18.2 Å². The number of likely N-dealkylation sites (tertiary alicyclic amines) is 1. The molecule has 4 aromatic rings. The van der Waals surface area contributed by atoms with Gasteiger partial charge >= 0.3 is 0 Å². The number of nitrogens with zero attached hydrogens (tertiary/aromatic N) is 6. The van der Waals surface area contributed by atoms with E-state index in [1.807, 2.05) is 52.8 Å². The van der Waals surface area contributed by atoms with Gasteiger partial charge in [-0.25, -0.2) is 4.98 Å². The summed E-state index contributed by atoms with van der Waals surface area (Å²) in [6.07, 6.45) is 6.32. The third-order valence-corrected chi connectivity index (χ3v) is 6.06. The summed E-state index contributed by atoms with van der Waals surface area (Å²) in [6.45, 7) is 3.14. The van der Waals surface area contributed by atoms with Crippen molar-refractivity contribution in [3.8, 4) is 0 Å². The monoisotopic (exact) mass is 416 g/mol. The van der Waals surface area contributed by atoms with Gasteiger partial charge in [0, 0.05) is 25.7 Å². The number of amides is 1. The van der Waals surface area contributed by atoms with E-state index < -0.39 is 0 Å². The first-order valence-corrected chi connectivity index (χ1v) is 10.7. The highest BCUT2D eigenvalue weighted by molar-refractivity contribution is 5.80. The molecule has 5 rings (SSSR count). The lowest BCUT2D eigenvalue weighted by Crippen LogP contribution is -2.31. The molecule has 1 saturated heterocycles. The van der Waals surface area contributed by atoms with Crippen molar-refractivity contribution in [1.82, 2.24) is 29.0 Å². The first kappa shape index (κ1) is 19.4. The summed E-state index contributed by atoms with van der Waals surface area (Å²) >= 11 is 0. The molecule has 8 heteroatoms. The Hall–Kier alpha value is -3.55. The van der Waals surface area contributed by atoms with E-state index in [4.69, 9.17) is 0 Å². The third-order valence-electron chi connectivity index (χ3n) is 6.06. The smallest absolute Gasteiger partial charge is 0.261 e. The fraction of sp³-hybridized carbons (Fsp3) is 0.348. The minimum absolute atomic E-state index is 0.0575. The highest BCUT2D eigenvalue weighted by atomic mass is 16.2. The summed E-state index contributed by atoms with van der Waals surface area (Å²) < 4.78 is 3.56. The van der Waals surface area contributed by atoms with Crippen LogP contribution >= 0.6 is 0 Å². The Bertz CT molecular complexity index is 1320. The summed E-state index contributed by atoms with van der Waals surface area (Å²) in [7, 11) is 0. The second kappa shape index (κ2) is 7.94. The zero-order chi connectivity index (χ0) is 21.4. The van der Waals surface area contributed by atoms with Gasteiger partial charge in [0.2, 0.25) is 5.91 Å². The second-order valence-electron chi connectivity index (χ2n) is 8.05. The maximum atomic E-state index is 13.0. The van der Waals surface area contributed by atoms with Crippen molar-refractivity contribution >= 4 is 22.5 Å².